The molecule has 1 atom stereocenters. The van der Waals surface area contributed by atoms with Crippen LogP contribution in [0.3, 0.4) is 0 Å². The number of nitriles is 1. The summed E-state index contributed by atoms with van der Waals surface area (Å²) in [6, 6.07) is 9.25. The molecule has 1 aliphatic rings. The van der Waals surface area contributed by atoms with Gasteiger partial charge in [-0.1, -0.05) is 16.8 Å². The summed E-state index contributed by atoms with van der Waals surface area (Å²) in [5.74, 6) is 0.740. The number of benzene rings is 1. The zero-order valence-electron chi connectivity index (χ0n) is 11.9. The average molecular weight is 319 g/mol. The van der Waals surface area contributed by atoms with E-state index in [0.717, 1.165) is 24.3 Å². The first-order valence-electron chi connectivity index (χ1n) is 7.11. The third-order valence-corrected chi connectivity index (χ3v) is 3.75. The highest BCUT2D eigenvalue weighted by Crippen LogP contribution is 2.29. The molecule has 1 saturated heterocycles. The van der Waals surface area contributed by atoms with Crippen molar-refractivity contribution < 1.29 is 9.47 Å². The maximum Gasteiger partial charge on any atom is 0.188 e. The van der Waals surface area contributed by atoms with E-state index in [-0.39, 0.29) is 6.10 Å². The average Bonchev–Trinajstić information content (AvgIpc) is 3.17. The van der Waals surface area contributed by atoms with Crippen LogP contribution in [-0.2, 0) is 11.3 Å². The summed E-state index contributed by atoms with van der Waals surface area (Å²) in [5, 5.41) is 17.8. The molecule has 2 aromatic rings. The fourth-order valence-corrected chi connectivity index (χ4v) is 2.58. The molecule has 0 radical (unpaired) electrons. The summed E-state index contributed by atoms with van der Waals surface area (Å²) in [6.45, 7) is 1.64. The summed E-state index contributed by atoms with van der Waals surface area (Å²) in [4.78, 5) is 0. The minimum Gasteiger partial charge on any atom is -0.492 e. The van der Waals surface area contributed by atoms with Gasteiger partial charge in [-0.2, -0.15) is 5.26 Å². The Kier molecular flexibility index (Phi) is 4.56. The molecule has 0 bridgehead atoms. The molecule has 0 spiro atoms. The number of ether oxygens (including phenoxy) is 2. The highest BCUT2D eigenvalue weighted by molar-refractivity contribution is 6.30. The highest BCUT2D eigenvalue weighted by Gasteiger charge is 2.26. The molecule has 1 fully saturated rings. The molecular weight excluding hydrogens is 304 g/mol. The minimum atomic E-state index is -0.0971. The zero-order chi connectivity index (χ0) is 15.4. The van der Waals surface area contributed by atoms with Gasteiger partial charge in [0, 0.05) is 11.6 Å². The number of halogens is 1. The smallest absolute Gasteiger partial charge is 0.188 e. The summed E-state index contributed by atoms with van der Waals surface area (Å²) in [7, 11) is 0. The number of hydrogen-bond donors (Lipinski definition) is 0. The second kappa shape index (κ2) is 6.77. The zero-order valence-corrected chi connectivity index (χ0v) is 12.7. The van der Waals surface area contributed by atoms with Gasteiger partial charge in [-0.05, 0) is 37.1 Å². The quantitative estimate of drug-likeness (QED) is 0.847. The van der Waals surface area contributed by atoms with Gasteiger partial charge in [0.1, 0.15) is 30.2 Å². The molecular formula is C15H15ClN4O2. The molecule has 1 aromatic carbocycles. The molecule has 6 nitrogen and oxygen atoms in total. The van der Waals surface area contributed by atoms with E-state index in [2.05, 4.69) is 16.4 Å². The van der Waals surface area contributed by atoms with Crippen molar-refractivity contribution in [3.63, 3.8) is 0 Å². The van der Waals surface area contributed by atoms with E-state index in [1.54, 1.807) is 16.8 Å². The maximum atomic E-state index is 9.16. The first-order valence-corrected chi connectivity index (χ1v) is 7.49. The van der Waals surface area contributed by atoms with E-state index in [9.17, 15) is 0 Å². The minimum absolute atomic E-state index is 0.0971. The Labute approximate surface area is 133 Å². The molecule has 1 unspecified atom stereocenters. The van der Waals surface area contributed by atoms with Gasteiger partial charge in [0.25, 0.3) is 0 Å². The topological polar surface area (TPSA) is 73.0 Å². The standard InChI is InChI=1S/C15H15ClN4O2/c16-11-3-5-12(6-4-11)21-9-7-20-15(13(10-17)18-19-20)14-2-1-8-22-14/h3-6,14H,1-2,7-9H2. The van der Waals surface area contributed by atoms with Crippen molar-refractivity contribution >= 4 is 11.6 Å². The van der Waals surface area contributed by atoms with Gasteiger partial charge in [0.15, 0.2) is 5.69 Å². The Bertz CT molecular complexity index is 672. The van der Waals surface area contributed by atoms with Crippen molar-refractivity contribution in [1.29, 1.82) is 5.26 Å². The Morgan fingerprint density at radius 1 is 1.41 bits per heavy atom. The van der Waals surface area contributed by atoms with Crippen LogP contribution < -0.4 is 4.74 Å². The molecule has 2 heterocycles. The van der Waals surface area contributed by atoms with Crippen LogP contribution in [-0.4, -0.2) is 28.2 Å². The van der Waals surface area contributed by atoms with E-state index >= 15 is 0 Å². The molecule has 7 heteroatoms. The Hall–Kier alpha value is -2.10. The van der Waals surface area contributed by atoms with Gasteiger partial charge in [-0.25, -0.2) is 4.68 Å². The summed E-state index contributed by atoms with van der Waals surface area (Å²) in [6.07, 6.45) is 1.78. The molecule has 114 valence electrons. The second-order valence-electron chi connectivity index (χ2n) is 4.96. The number of rotatable bonds is 5. The van der Waals surface area contributed by atoms with Crippen molar-refractivity contribution in [3.05, 3.63) is 40.7 Å². The fraction of sp³-hybridized carbons (Fsp3) is 0.400. The molecule has 3 rings (SSSR count). The van der Waals surface area contributed by atoms with E-state index in [1.807, 2.05) is 12.1 Å². The highest BCUT2D eigenvalue weighted by atomic mass is 35.5. The van der Waals surface area contributed by atoms with Crippen molar-refractivity contribution in [2.45, 2.75) is 25.5 Å². The van der Waals surface area contributed by atoms with Crippen LogP contribution in [0.25, 0.3) is 0 Å². The largest absolute Gasteiger partial charge is 0.492 e. The van der Waals surface area contributed by atoms with Gasteiger partial charge in [-0.15, -0.1) is 5.10 Å². The lowest BCUT2D eigenvalue weighted by Gasteiger charge is -2.12. The Balaban J connectivity index is 1.66. The lowest BCUT2D eigenvalue weighted by Crippen LogP contribution is -2.15. The van der Waals surface area contributed by atoms with Crippen molar-refractivity contribution in [2.24, 2.45) is 0 Å². The van der Waals surface area contributed by atoms with E-state index in [1.165, 1.54) is 0 Å². The van der Waals surface area contributed by atoms with Gasteiger partial charge >= 0.3 is 0 Å². The van der Waals surface area contributed by atoms with Crippen molar-refractivity contribution in [1.82, 2.24) is 15.0 Å². The predicted molar refractivity (Wildman–Crippen MR) is 79.6 cm³/mol. The summed E-state index contributed by atoms with van der Waals surface area (Å²) < 4.78 is 13.0. The lowest BCUT2D eigenvalue weighted by atomic mass is 10.1. The van der Waals surface area contributed by atoms with Crippen LogP contribution in [0.2, 0.25) is 5.02 Å². The number of aromatic nitrogens is 3. The van der Waals surface area contributed by atoms with Crippen LogP contribution in [0.1, 0.15) is 30.3 Å². The Morgan fingerprint density at radius 3 is 2.91 bits per heavy atom. The van der Waals surface area contributed by atoms with Crippen molar-refractivity contribution in [2.75, 3.05) is 13.2 Å². The van der Waals surface area contributed by atoms with Crippen LogP contribution in [0.4, 0.5) is 0 Å². The molecule has 0 aliphatic carbocycles. The monoisotopic (exact) mass is 318 g/mol. The lowest BCUT2D eigenvalue weighted by molar-refractivity contribution is 0.103. The van der Waals surface area contributed by atoms with Crippen LogP contribution in [0.5, 0.6) is 5.75 Å². The second-order valence-corrected chi connectivity index (χ2v) is 5.40. The third-order valence-electron chi connectivity index (χ3n) is 3.50. The SMILES string of the molecule is N#Cc1nnn(CCOc2ccc(Cl)cc2)c1C1CCCO1. The molecule has 22 heavy (non-hydrogen) atoms. The number of hydrogen-bond acceptors (Lipinski definition) is 5. The predicted octanol–water partition coefficient (Wildman–Crippen LogP) is 2.73. The van der Waals surface area contributed by atoms with E-state index < -0.39 is 0 Å². The number of nitrogens with zero attached hydrogens (tertiary/aromatic N) is 4. The van der Waals surface area contributed by atoms with E-state index in [0.29, 0.717) is 30.5 Å². The van der Waals surface area contributed by atoms with Crippen LogP contribution >= 0.6 is 11.6 Å². The van der Waals surface area contributed by atoms with E-state index in [4.69, 9.17) is 26.3 Å². The third kappa shape index (κ3) is 3.21. The summed E-state index contributed by atoms with van der Waals surface area (Å²) >= 11 is 5.83. The van der Waals surface area contributed by atoms with Gasteiger partial charge < -0.3 is 9.47 Å². The molecule has 1 aliphatic heterocycles. The van der Waals surface area contributed by atoms with Gasteiger partial charge in [0.2, 0.25) is 0 Å². The van der Waals surface area contributed by atoms with Crippen LogP contribution in [0, 0.1) is 11.3 Å². The van der Waals surface area contributed by atoms with Crippen molar-refractivity contribution in [3.8, 4) is 11.8 Å². The molecule has 0 amide bonds. The summed E-state index contributed by atoms with van der Waals surface area (Å²) in [5.41, 5.74) is 1.08. The molecule has 1 aromatic heterocycles. The van der Waals surface area contributed by atoms with Gasteiger partial charge in [0.05, 0.1) is 6.54 Å². The molecule has 0 saturated carbocycles. The van der Waals surface area contributed by atoms with Gasteiger partial charge in [-0.3, -0.25) is 0 Å². The fourth-order valence-electron chi connectivity index (χ4n) is 2.46. The maximum absolute atomic E-state index is 9.16. The first-order chi connectivity index (χ1) is 10.8. The first kappa shape index (κ1) is 14.8. The normalized spacial score (nSPS) is 17.4. The Morgan fingerprint density at radius 2 is 2.23 bits per heavy atom. The van der Waals surface area contributed by atoms with Crippen LogP contribution in [0.15, 0.2) is 24.3 Å². The molecule has 0 N–H and O–H groups in total.